The summed E-state index contributed by atoms with van der Waals surface area (Å²) in [7, 11) is 0. The number of anilines is 2. The molecule has 0 atom stereocenters. The van der Waals surface area contributed by atoms with Gasteiger partial charge in [-0.1, -0.05) is 36.4 Å². The van der Waals surface area contributed by atoms with Gasteiger partial charge in [0.05, 0.1) is 12.2 Å². The smallest absolute Gasteiger partial charge is 0.225 e. The van der Waals surface area contributed by atoms with Crippen LogP contribution >= 0.6 is 11.3 Å². The molecule has 0 saturated carbocycles. The van der Waals surface area contributed by atoms with Crippen molar-refractivity contribution >= 4 is 23.1 Å². The molecule has 0 saturated heterocycles. The van der Waals surface area contributed by atoms with E-state index < -0.39 is 0 Å². The number of nitrogens with one attached hydrogen (secondary N) is 2. The van der Waals surface area contributed by atoms with Crippen molar-refractivity contribution < 1.29 is 0 Å². The van der Waals surface area contributed by atoms with Gasteiger partial charge in [0.25, 0.3) is 0 Å². The van der Waals surface area contributed by atoms with E-state index in [4.69, 9.17) is 0 Å². The molecule has 5 heteroatoms. The zero-order chi connectivity index (χ0) is 15.2. The van der Waals surface area contributed by atoms with E-state index in [-0.39, 0.29) is 0 Å². The van der Waals surface area contributed by atoms with E-state index >= 15 is 0 Å². The lowest BCUT2D eigenvalue weighted by molar-refractivity contribution is 1.06. The number of benzene rings is 1. The lowest BCUT2D eigenvalue weighted by Crippen LogP contribution is -2.07. The van der Waals surface area contributed by atoms with Crippen LogP contribution in [0.15, 0.2) is 53.9 Å². The molecule has 0 bridgehead atoms. The standard InChI is InChI=1S/C17H18N4S/c1-2-18-17-20-15(13-7-4-3-5-8-13)11-16(21-17)19-12-14-9-6-10-22-14/h3-11H,2,12H2,1H3,(H2,18,19,20,21). The molecular weight excluding hydrogens is 292 g/mol. The fraction of sp³-hybridized carbons (Fsp3) is 0.176. The van der Waals surface area contributed by atoms with Crippen LogP contribution in [-0.4, -0.2) is 16.5 Å². The second kappa shape index (κ2) is 7.04. The summed E-state index contributed by atoms with van der Waals surface area (Å²) in [5, 5.41) is 8.65. The zero-order valence-electron chi connectivity index (χ0n) is 12.4. The van der Waals surface area contributed by atoms with Crippen molar-refractivity contribution in [3.8, 4) is 11.3 Å². The maximum absolute atomic E-state index is 4.58. The molecule has 1 aromatic carbocycles. The van der Waals surface area contributed by atoms with E-state index in [0.717, 1.165) is 30.2 Å². The fourth-order valence-corrected chi connectivity index (χ4v) is 2.77. The van der Waals surface area contributed by atoms with Crippen molar-refractivity contribution in [2.45, 2.75) is 13.5 Å². The van der Waals surface area contributed by atoms with Gasteiger partial charge < -0.3 is 10.6 Å². The highest BCUT2D eigenvalue weighted by Crippen LogP contribution is 2.22. The molecule has 4 nitrogen and oxygen atoms in total. The zero-order valence-corrected chi connectivity index (χ0v) is 13.2. The van der Waals surface area contributed by atoms with Gasteiger partial charge in [0.2, 0.25) is 5.95 Å². The average Bonchev–Trinajstić information content (AvgIpc) is 3.07. The molecule has 0 fully saturated rings. The molecule has 0 unspecified atom stereocenters. The summed E-state index contributed by atoms with van der Waals surface area (Å²) in [6.45, 7) is 3.61. The first-order valence-electron chi connectivity index (χ1n) is 7.30. The third-order valence-electron chi connectivity index (χ3n) is 3.15. The minimum atomic E-state index is 0.650. The van der Waals surface area contributed by atoms with Gasteiger partial charge in [-0.05, 0) is 18.4 Å². The second-order valence-electron chi connectivity index (χ2n) is 4.79. The van der Waals surface area contributed by atoms with Crippen molar-refractivity contribution in [2.24, 2.45) is 0 Å². The van der Waals surface area contributed by atoms with E-state index in [9.17, 15) is 0 Å². The molecule has 112 valence electrons. The highest BCUT2D eigenvalue weighted by molar-refractivity contribution is 7.09. The first kappa shape index (κ1) is 14.5. The monoisotopic (exact) mass is 310 g/mol. The van der Waals surface area contributed by atoms with Crippen molar-refractivity contribution in [3.05, 3.63) is 58.8 Å². The molecule has 0 spiro atoms. The van der Waals surface area contributed by atoms with Crippen LogP contribution in [0.4, 0.5) is 11.8 Å². The SMILES string of the molecule is CCNc1nc(NCc2cccs2)cc(-c2ccccc2)n1. The lowest BCUT2D eigenvalue weighted by Gasteiger charge is -2.10. The van der Waals surface area contributed by atoms with Crippen molar-refractivity contribution in [3.63, 3.8) is 0 Å². The molecule has 3 aromatic rings. The predicted octanol–water partition coefficient (Wildman–Crippen LogP) is 4.25. The van der Waals surface area contributed by atoms with Crippen molar-refractivity contribution in [1.82, 2.24) is 9.97 Å². The summed E-state index contributed by atoms with van der Waals surface area (Å²) in [6.07, 6.45) is 0. The van der Waals surface area contributed by atoms with Crippen LogP contribution in [0.1, 0.15) is 11.8 Å². The predicted molar refractivity (Wildman–Crippen MR) is 93.3 cm³/mol. The van der Waals surface area contributed by atoms with Gasteiger partial charge in [0.1, 0.15) is 5.82 Å². The average molecular weight is 310 g/mol. The Balaban J connectivity index is 1.86. The molecule has 0 aliphatic heterocycles. The fourth-order valence-electron chi connectivity index (χ4n) is 2.12. The van der Waals surface area contributed by atoms with Crippen LogP contribution in [0.2, 0.25) is 0 Å². The van der Waals surface area contributed by atoms with Crippen LogP contribution in [0.3, 0.4) is 0 Å². The normalized spacial score (nSPS) is 10.4. The highest BCUT2D eigenvalue weighted by atomic mass is 32.1. The Hall–Kier alpha value is -2.40. The molecule has 2 N–H and O–H groups in total. The minimum absolute atomic E-state index is 0.650. The van der Waals surface area contributed by atoms with Crippen LogP contribution < -0.4 is 10.6 Å². The summed E-state index contributed by atoms with van der Waals surface area (Å²) >= 11 is 1.74. The van der Waals surface area contributed by atoms with Crippen molar-refractivity contribution in [2.75, 3.05) is 17.2 Å². The van der Waals surface area contributed by atoms with Crippen LogP contribution in [0, 0.1) is 0 Å². The third-order valence-corrected chi connectivity index (χ3v) is 4.03. The molecule has 2 heterocycles. The number of thiophene rings is 1. The Morgan fingerprint density at radius 1 is 1.00 bits per heavy atom. The lowest BCUT2D eigenvalue weighted by atomic mass is 10.1. The van der Waals surface area contributed by atoms with Gasteiger partial charge in [-0.3, -0.25) is 0 Å². The van der Waals surface area contributed by atoms with Gasteiger partial charge in [0.15, 0.2) is 0 Å². The summed E-state index contributed by atoms with van der Waals surface area (Å²) in [4.78, 5) is 10.4. The maximum Gasteiger partial charge on any atom is 0.225 e. The first-order chi connectivity index (χ1) is 10.8. The number of nitrogens with zero attached hydrogens (tertiary/aromatic N) is 2. The molecule has 0 aliphatic carbocycles. The van der Waals surface area contributed by atoms with Crippen LogP contribution in [0.5, 0.6) is 0 Å². The third kappa shape index (κ3) is 3.62. The molecule has 3 rings (SSSR count). The molecular formula is C17H18N4S. The van der Waals surface area contributed by atoms with Gasteiger partial charge in [0, 0.05) is 23.1 Å². The van der Waals surface area contributed by atoms with Crippen LogP contribution in [0.25, 0.3) is 11.3 Å². The topological polar surface area (TPSA) is 49.8 Å². The minimum Gasteiger partial charge on any atom is -0.365 e. The number of hydrogen-bond donors (Lipinski definition) is 2. The van der Waals surface area contributed by atoms with Crippen molar-refractivity contribution in [1.29, 1.82) is 0 Å². The van der Waals surface area contributed by atoms with E-state index in [1.54, 1.807) is 11.3 Å². The summed E-state index contributed by atoms with van der Waals surface area (Å²) in [6, 6.07) is 16.3. The van der Waals surface area contributed by atoms with Gasteiger partial charge in [-0.2, -0.15) is 4.98 Å². The Morgan fingerprint density at radius 3 is 2.59 bits per heavy atom. The van der Waals surface area contributed by atoms with E-state index in [1.165, 1.54) is 4.88 Å². The van der Waals surface area contributed by atoms with Gasteiger partial charge in [-0.15, -0.1) is 11.3 Å². The molecule has 0 aliphatic rings. The number of aromatic nitrogens is 2. The maximum atomic E-state index is 4.58. The highest BCUT2D eigenvalue weighted by Gasteiger charge is 2.06. The van der Waals surface area contributed by atoms with Gasteiger partial charge in [-0.25, -0.2) is 4.98 Å². The Kier molecular flexibility index (Phi) is 4.65. The van der Waals surface area contributed by atoms with Crippen LogP contribution in [-0.2, 0) is 6.54 Å². The second-order valence-corrected chi connectivity index (χ2v) is 5.82. The molecule has 0 amide bonds. The van der Waals surface area contributed by atoms with E-state index in [1.807, 2.05) is 31.2 Å². The Bertz CT molecular complexity index is 711. The molecule has 0 radical (unpaired) electrons. The first-order valence-corrected chi connectivity index (χ1v) is 8.18. The number of hydrogen-bond acceptors (Lipinski definition) is 5. The number of rotatable bonds is 6. The van der Waals surface area contributed by atoms with E-state index in [0.29, 0.717) is 5.95 Å². The Labute approximate surface area is 134 Å². The summed E-state index contributed by atoms with van der Waals surface area (Å²) in [5.74, 6) is 1.48. The summed E-state index contributed by atoms with van der Waals surface area (Å²) < 4.78 is 0. The largest absolute Gasteiger partial charge is 0.365 e. The Morgan fingerprint density at radius 2 is 1.86 bits per heavy atom. The van der Waals surface area contributed by atoms with Gasteiger partial charge >= 0.3 is 0 Å². The molecule has 22 heavy (non-hydrogen) atoms. The molecule has 2 aromatic heterocycles. The quantitative estimate of drug-likeness (QED) is 0.714. The van der Waals surface area contributed by atoms with E-state index in [2.05, 4.69) is 50.2 Å². The summed E-state index contributed by atoms with van der Waals surface area (Å²) in [5.41, 5.74) is 2.00.